The van der Waals surface area contributed by atoms with Crippen molar-refractivity contribution in [3.05, 3.63) is 57.1 Å². The van der Waals surface area contributed by atoms with Gasteiger partial charge in [0.15, 0.2) is 11.4 Å². The first kappa shape index (κ1) is 20.2. The molecule has 5 rings (SSSR count). The minimum absolute atomic E-state index is 0.128. The SMILES string of the molecule is C[C@@](O)(C#Cc1ccc2c(c1)N(c1nc(N)ncc1Cl)C[C@@]21CCOC1)c1nccs1. The number of nitrogens with zero attached hydrogens (tertiary/aromatic N) is 4. The van der Waals surface area contributed by atoms with E-state index in [2.05, 4.69) is 37.8 Å². The molecule has 2 aromatic heterocycles. The van der Waals surface area contributed by atoms with Gasteiger partial charge < -0.3 is 20.5 Å². The Morgan fingerprint density at radius 2 is 2.26 bits per heavy atom. The van der Waals surface area contributed by atoms with Crippen molar-refractivity contribution in [3.63, 3.8) is 0 Å². The number of benzene rings is 1. The Balaban J connectivity index is 1.58. The van der Waals surface area contributed by atoms with E-state index in [4.69, 9.17) is 22.1 Å². The average Bonchev–Trinajstić information content (AvgIpc) is 3.50. The molecule has 31 heavy (non-hydrogen) atoms. The van der Waals surface area contributed by atoms with Crippen molar-refractivity contribution in [2.75, 3.05) is 30.4 Å². The van der Waals surface area contributed by atoms with Crippen LogP contribution >= 0.6 is 22.9 Å². The van der Waals surface area contributed by atoms with E-state index >= 15 is 0 Å². The van der Waals surface area contributed by atoms with Crippen LogP contribution in [-0.2, 0) is 15.8 Å². The third-order valence-corrected chi connectivity index (χ3v) is 6.97. The van der Waals surface area contributed by atoms with Crippen molar-refractivity contribution < 1.29 is 9.84 Å². The molecule has 9 heteroatoms. The highest BCUT2D eigenvalue weighted by molar-refractivity contribution is 7.09. The minimum atomic E-state index is -1.32. The first-order valence-corrected chi connectivity index (χ1v) is 11.1. The zero-order valence-corrected chi connectivity index (χ0v) is 18.4. The monoisotopic (exact) mass is 453 g/mol. The summed E-state index contributed by atoms with van der Waals surface area (Å²) in [6.45, 7) is 3.68. The van der Waals surface area contributed by atoms with Gasteiger partial charge >= 0.3 is 0 Å². The number of nitrogen functional groups attached to an aromatic ring is 1. The van der Waals surface area contributed by atoms with E-state index in [1.54, 1.807) is 13.1 Å². The molecule has 1 aromatic carbocycles. The summed E-state index contributed by atoms with van der Waals surface area (Å²) in [5.41, 5.74) is 7.31. The standard InChI is InChI=1S/C22H20ClN5O2S/c1-21(29,19-25-7-9-31-19)5-4-14-2-3-15-17(10-14)28(12-22(15)6-8-30-13-22)18-16(23)11-26-20(24)27-18/h2-3,7,9-11,29H,6,8,12-13H2,1H3,(H2,24,26,27)/t21-,22-/m1/s1. The van der Waals surface area contributed by atoms with E-state index in [9.17, 15) is 5.11 Å². The number of anilines is 3. The average molecular weight is 454 g/mol. The fourth-order valence-electron chi connectivity index (χ4n) is 4.16. The molecule has 3 aromatic rings. The van der Waals surface area contributed by atoms with Gasteiger partial charge in [-0.3, -0.25) is 0 Å². The molecule has 0 saturated carbocycles. The Morgan fingerprint density at radius 3 is 3.00 bits per heavy atom. The maximum absolute atomic E-state index is 10.7. The highest BCUT2D eigenvalue weighted by Gasteiger charge is 2.46. The van der Waals surface area contributed by atoms with Crippen LogP contribution in [0.4, 0.5) is 17.5 Å². The largest absolute Gasteiger partial charge is 0.380 e. The maximum atomic E-state index is 10.7. The van der Waals surface area contributed by atoms with Crippen LogP contribution in [0.3, 0.4) is 0 Å². The number of ether oxygens (including phenoxy) is 1. The van der Waals surface area contributed by atoms with Gasteiger partial charge in [0.25, 0.3) is 0 Å². The van der Waals surface area contributed by atoms with Crippen LogP contribution in [0.25, 0.3) is 0 Å². The second kappa shape index (κ2) is 7.46. The van der Waals surface area contributed by atoms with Gasteiger partial charge in [-0.15, -0.1) is 11.3 Å². The van der Waals surface area contributed by atoms with Crippen LogP contribution < -0.4 is 10.6 Å². The highest BCUT2D eigenvalue weighted by Crippen LogP contribution is 2.49. The van der Waals surface area contributed by atoms with E-state index < -0.39 is 5.60 Å². The van der Waals surface area contributed by atoms with Crippen LogP contribution in [0.2, 0.25) is 5.02 Å². The molecule has 1 spiro atoms. The predicted molar refractivity (Wildman–Crippen MR) is 121 cm³/mol. The lowest BCUT2D eigenvalue weighted by atomic mass is 9.81. The highest BCUT2D eigenvalue weighted by atomic mass is 35.5. The molecule has 7 nitrogen and oxygen atoms in total. The molecule has 0 bridgehead atoms. The van der Waals surface area contributed by atoms with Crippen molar-refractivity contribution >= 4 is 40.4 Å². The van der Waals surface area contributed by atoms with Gasteiger partial charge in [0, 0.05) is 41.4 Å². The smallest absolute Gasteiger partial charge is 0.222 e. The lowest BCUT2D eigenvalue weighted by Gasteiger charge is -2.24. The van der Waals surface area contributed by atoms with E-state index in [1.165, 1.54) is 23.1 Å². The third kappa shape index (κ3) is 3.54. The molecule has 0 radical (unpaired) electrons. The Kier molecular flexibility index (Phi) is 4.87. The van der Waals surface area contributed by atoms with E-state index in [0.29, 0.717) is 35.6 Å². The number of hydrogen-bond acceptors (Lipinski definition) is 8. The fourth-order valence-corrected chi connectivity index (χ4v) is 5.01. The Bertz CT molecular complexity index is 1200. The van der Waals surface area contributed by atoms with E-state index in [0.717, 1.165) is 17.7 Å². The molecule has 0 aliphatic carbocycles. The summed E-state index contributed by atoms with van der Waals surface area (Å²) < 4.78 is 5.76. The first-order chi connectivity index (χ1) is 14.9. The van der Waals surface area contributed by atoms with Gasteiger partial charge in [0.2, 0.25) is 5.95 Å². The van der Waals surface area contributed by atoms with Gasteiger partial charge in [0.1, 0.15) is 10.0 Å². The summed E-state index contributed by atoms with van der Waals surface area (Å²) in [5.74, 6) is 6.78. The van der Waals surface area contributed by atoms with Gasteiger partial charge in [-0.1, -0.05) is 29.5 Å². The van der Waals surface area contributed by atoms with Crippen LogP contribution in [0.1, 0.15) is 29.5 Å². The van der Waals surface area contributed by atoms with Crippen LogP contribution in [0.15, 0.2) is 36.0 Å². The molecule has 158 valence electrons. The molecule has 4 heterocycles. The summed E-state index contributed by atoms with van der Waals surface area (Å²) in [5, 5.41) is 13.5. The quantitative estimate of drug-likeness (QED) is 0.575. The lowest BCUT2D eigenvalue weighted by molar-refractivity contribution is 0.122. The van der Waals surface area contributed by atoms with Crippen molar-refractivity contribution in [1.29, 1.82) is 0 Å². The van der Waals surface area contributed by atoms with E-state index in [1.807, 2.05) is 17.5 Å². The van der Waals surface area contributed by atoms with Crippen LogP contribution in [0, 0.1) is 11.8 Å². The van der Waals surface area contributed by atoms with Crippen molar-refractivity contribution in [2.24, 2.45) is 0 Å². The molecule has 0 amide bonds. The number of thiazole rings is 1. The summed E-state index contributed by atoms with van der Waals surface area (Å²) in [6, 6.07) is 6.07. The van der Waals surface area contributed by atoms with Gasteiger partial charge in [-0.05, 0) is 31.0 Å². The third-order valence-electron chi connectivity index (χ3n) is 5.72. The molecule has 1 fully saturated rings. The molecular formula is C22H20ClN5O2S. The minimum Gasteiger partial charge on any atom is -0.380 e. The normalized spacial score (nSPS) is 21.6. The molecule has 1 saturated heterocycles. The van der Waals surface area contributed by atoms with Crippen molar-refractivity contribution in [2.45, 2.75) is 24.4 Å². The van der Waals surface area contributed by atoms with Crippen molar-refractivity contribution in [1.82, 2.24) is 15.0 Å². The van der Waals surface area contributed by atoms with Crippen LogP contribution in [-0.4, -0.2) is 39.8 Å². The van der Waals surface area contributed by atoms with E-state index in [-0.39, 0.29) is 11.4 Å². The number of nitrogens with two attached hydrogens (primary N) is 1. The van der Waals surface area contributed by atoms with Gasteiger partial charge in [-0.2, -0.15) is 4.98 Å². The summed E-state index contributed by atoms with van der Waals surface area (Å²) >= 11 is 7.81. The fraction of sp³-hybridized carbons (Fsp3) is 0.318. The second-order valence-electron chi connectivity index (χ2n) is 7.96. The Morgan fingerprint density at radius 1 is 1.39 bits per heavy atom. The maximum Gasteiger partial charge on any atom is 0.222 e. The molecule has 2 aliphatic rings. The summed E-state index contributed by atoms with van der Waals surface area (Å²) in [4.78, 5) is 14.6. The van der Waals surface area contributed by atoms with Crippen LogP contribution in [0.5, 0.6) is 0 Å². The molecule has 3 N–H and O–H groups in total. The van der Waals surface area contributed by atoms with Crippen molar-refractivity contribution in [3.8, 4) is 11.8 Å². The van der Waals surface area contributed by atoms with Gasteiger partial charge in [-0.25, -0.2) is 9.97 Å². The lowest BCUT2D eigenvalue weighted by Crippen LogP contribution is -2.32. The number of fused-ring (bicyclic) bond motifs is 2. The number of halogens is 1. The zero-order chi connectivity index (χ0) is 21.6. The zero-order valence-electron chi connectivity index (χ0n) is 16.8. The number of aliphatic hydroxyl groups is 1. The Hall–Kier alpha value is -2.70. The molecule has 0 unspecified atom stereocenters. The number of aromatic nitrogens is 3. The second-order valence-corrected chi connectivity index (χ2v) is 9.26. The number of hydrogen-bond donors (Lipinski definition) is 2. The first-order valence-electron chi connectivity index (χ1n) is 9.81. The number of rotatable bonds is 2. The van der Waals surface area contributed by atoms with Gasteiger partial charge in [0.05, 0.1) is 12.8 Å². The summed E-state index contributed by atoms with van der Waals surface area (Å²) in [6.07, 6.45) is 4.09. The topological polar surface area (TPSA) is 97.4 Å². The molecule has 2 atom stereocenters. The molecule has 2 aliphatic heterocycles. The molecular weight excluding hydrogens is 434 g/mol. The summed E-state index contributed by atoms with van der Waals surface area (Å²) in [7, 11) is 0. The predicted octanol–water partition coefficient (Wildman–Crippen LogP) is 3.24. The Labute approximate surface area is 188 Å².